The molecule has 0 bridgehead atoms. The molecule has 9 nitrogen and oxygen atoms in total. The molecule has 166 valence electrons. The minimum Gasteiger partial charge on any atom is -0.457 e. The number of fused-ring (bicyclic) bond motifs is 1. The SMILES string of the molecule is Cc1ccc(C(=O)NC2CC2)cc1NC(=O)c1cnc(OCc2cn3ccccc3n2)nc1. The fraction of sp³-hybridized carbons (Fsp3) is 0.208. The van der Waals surface area contributed by atoms with Crippen LogP contribution in [0, 0.1) is 6.92 Å². The van der Waals surface area contributed by atoms with E-state index in [1.807, 2.05) is 48.0 Å². The predicted octanol–water partition coefficient (Wildman–Crippen LogP) is 3.16. The molecule has 3 heterocycles. The van der Waals surface area contributed by atoms with Gasteiger partial charge in [0, 0.05) is 42.1 Å². The monoisotopic (exact) mass is 442 g/mol. The highest BCUT2D eigenvalue weighted by atomic mass is 16.5. The molecule has 0 saturated heterocycles. The molecule has 1 aliphatic carbocycles. The number of hydrogen-bond donors (Lipinski definition) is 2. The molecular weight excluding hydrogens is 420 g/mol. The lowest BCUT2D eigenvalue weighted by atomic mass is 10.1. The van der Waals surface area contributed by atoms with Gasteiger partial charge in [-0.1, -0.05) is 12.1 Å². The van der Waals surface area contributed by atoms with E-state index in [1.165, 1.54) is 12.4 Å². The fourth-order valence-electron chi connectivity index (χ4n) is 3.29. The molecule has 4 aromatic rings. The normalized spacial score (nSPS) is 13.0. The van der Waals surface area contributed by atoms with Crippen LogP contribution in [0.15, 0.2) is 61.2 Å². The minimum absolute atomic E-state index is 0.136. The number of aromatic nitrogens is 4. The van der Waals surface area contributed by atoms with E-state index in [9.17, 15) is 9.59 Å². The van der Waals surface area contributed by atoms with Crippen LogP contribution in [0.2, 0.25) is 0 Å². The molecule has 1 saturated carbocycles. The minimum atomic E-state index is -0.371. The Hall–Kier alpha value is -4.27. The summed E-state index contributed by atoms with van der Waals surface area (Å²) in [5.74, 6) is -0.506. The number of nitrogens with one attached hydrogen (secondary N) is 2. The van der Waals surface area contributed by atoms with Crippen molar-refractivity contribution in [3.05, 3.63) is 83.6 Å². The van der Waals surface area contributed by atoms with Crippen LogP contribution in [0.4, 0.5) is 5.69 Å². The molecule has 0 spiro atoms. The predicted molar refractivity (Wildman–Crippen MR) is 121 cm³/mol. The zero-order chi connectivity index (χ0) is 22.8. The number of ether oxygens (including phenoxy) is 1. The number of amides is 2. The lowest BCUT2D eigenvalue weighted by Crippen LogP contribution is -2.25. The summed E-state index contributed by atoms with van der Waals surface area (Å²) in [6.07, 6.45) is 8.62. The van der Waals surface area contributed by atoms with E-state index in [1.54, 1.807) is 12.1 Å². The molecule has 2 N–H and O–H groups in total. The van der Waals surface area contributed by atoms with Gasteiger partial charge in [0.2, 0.25) is 0 Å². The Bertz CT molecular complexity index is 1290. The van der Waals surface area contributed by atoms with Crippen molar-refractivity contribution in [1.82, 2.24) is 24.7 Å². The summed E-state index contributed by atoms with van der Waals surface area (Å²) in [5.41, 5.74) is 3.77. The van der Waals surface area contributed by atoms with E-state index in [-0.39, 0.29) is 36.0 Å². The molecule has 33 heavy (non-hydrogen) atoms. The number of nitrogens with zero attached hydrogens (tertiary/aromatic N) is 4. The van der Waals surface area contributed by atoms with Crippen molar-refractivity contribution in [2.45, 2.75) is 32.4 Å². The van der Waals surface area contributed by atoms with Gasteiger partial charge in [-0.3, -0.25) is 9.59 Å². The number of aryl methyl sites for hydroxylation is 1. The van der Waals surface area contributed by atoms with Crippen LogP contribution in [0.3, 0.4) is 0 Å². The number of anilines is 1. The fourth-order valence-corrected chi connectivity index (χ4v) is 3.29. The molecule has 5 rings (SSSR count). The van der Waals surface area contributed by atoms with Crippen molar-refractivity contribution in [2.24, 2.45) is 0 Å². The van der Waals surface area contributed by atoms with Gasteiger partial charge in [0.1, 0.15) is 12.3 Å². The highest BCUT2D eigenvalue weighted by Gasteiger charge is 2.24. The average molecular weight is 442 g/mol. The van der Waals surface area contributed by atoms with Gasteiger partial charge in [0.25, 0.3) is 11.8 Å². The maximum Gasteiger partial charge on any atom is 0.316 e. The Kier molecular flexibility index (Phi) is 5.43. The average Bonchev–Trinajstić information content (AvgIpc) is 3.54. The van der Waals surface area contributed by atoms with Crippen molar-refractivity contribution in [2.75, 3.05) is 5.32 Å². The molecule has 9 heteroatoms. The van der Waals surface area contributed by atoms with E-state index in [0.29, 0.717) is 11.3 Å². The summed E-state index contributed by atoms with van der Waals surface area (Å²) in [6.45, 7) is 2.08. The van der Waals surface area contributed by atoms with Crippen LogP contribution in [0.1, 0.15) is 44.8 Å². The van der Waals surface area contributed by atoms with E-state index in [4.69, 9.17) is 4.74 Å². The van der Waals surface area contributed by atoms with Crippen molar-refractivity contribution in [1.29, 1.82) is 0 Å². The molecule has 2 amide bonds. The third-order valence-electron chi connectivity index (χ3n) is 5.31. The van der Waals surface area contributed by atoms with Gasteiger partial charge in [-0.25, -0.2) is 15.0 Å². The number of carbonyl (C=O) groups excluding carboxylic acids is 2. The van der Waals surface area contributed by atoms with Crippen LogP contribution >= 0.6 is 0 Å². The van der Waals surface area contributed by atoms with Crippen LogP contribution in [-0.2, 0) is 6.61 Å². The van der Waals surface area contributed by atoms with Gasteiger partial charge < -0.3 is 19.8 Å². The largest absolute Gasteiger partial charge is 0.457 e. The number of pyridine rings is 1. The van der Waals surface area contributed by atoms with Crippen LogP contribution < -0.4 is 15.4 Å². The Labute approximate surface area is 189 Å². The highest BCUT2D eigenvalue weighted by molar-refractivity contribution is 6.05. The number of imidazole rings is 1. The Balaban J connectivity index is 1.21. The topological polar surface area (TPSA) is 111 Å². The Morgan fingerprint density at radius 1 is 1.09 bits per heavy atom. The quantitative estimate of drug-likeness (QED) is 0.455. The third kappa shape index (κ3) is 4.82. The standard InChI is InChI=1S/C24H22N6O3/c1-15-5-6-16(22(31)28-18-7-8-18)10-20(15)29-23(32)17-11-25-24(26-12-17)33-14-19-13-30-9-3-2-4-21(30)27-19/h2-6,9-13,18H,7-8,14H2,1H3,(H,28,31)(H,29,32). The number of carbonyl (C=O) groups is 2. The number of rotatable bonds is 7. The van der Waals surface area contributed by atoms with Gasteiger partial charge in [0.15, 0.2) is 0 Å². The third-order valence-corrected chi connectivity index (χ3v) is 5.31. The summed E-state index contributed by atoms with van der Waals surface area (Å²) in [4.78, 5) is 37.7. The molecule has 3 aromatic heterocycles. The second kappa shape index (κ2) is 8.70. The summed E-state index contributed by atoms with van der Waals surface area (Å²) in [5, 5.41) is 5.78. The van der Waals surface area contributed by atoms with Crippen LogP contribution in [0.5, 0.6) is 6.01 Å². The van der Waals surface area contributed by atoms with E-state index < -0.39 is 0 Å². The Morgan fingerprint density at radius 2 is 1.91 bits per heavy atom. The zero-order valence-corrected chi connectivity index (χ0v) is 18.0. The first-order valence-corrected chi connectivity index (χ1v) is 10.7. The molecule has 0 radical (unpaired) electrons. The zero-order valence-electron chi connectivity index (χ0n) is 18.0. The maximum absolute atomic E-state index is 12.7. The van der Waals surface area contributed by atoms with E-state index in [0.717, 1.165) is 29.7 Å². The molecule has 0 unspecified atom stereocenters. The second-order valence-corrected chi connectivity index (χ2v) is 7.97. The van der Waals surface area contributed by atoms with Gasteiger partial charge in [0.05, 0.1) is 11.3 Å². The molecule has 0 atom stereocenters. The van der Waals surface area contributed by atoms with Crippen molar-refractivity contribution >= 4 is 23.1 Å². The van der Waals surface area contributed by atoms with Crippen LogP contribution in [0.25, 0.3) is 5.65 Å². The van der Waals surface area contributed by atoms with E-state index >= 15 is 0 Å². The first-order valence-electron chi connectivity index (χ1n) is 10.7. The Morgan fingerprint density at radius 3 is 2.67 bits per heavy atom. The van der Waals surface area contributed by atoms with Gasteiger partial charge >= 0.3 is 6.01 Å². The summed E-state index contributed by atoms with van der Waals surface area (Å²) in [6, 6.07) is 11.4. The summed E-state index contributed by atoms with van der Waals surface area (Å²) >= 11 is 0. The first-order chi connectivity index (χ1) is 16.0. The van der Waals surface area contributed by atoms with Gasteiger partial charge in [-0.15, -0.1) is 0 Å². The lowest BCUT2D eigenvalue weighted by Gasteiger charge is -2.11. The first kappa shape index (κ1) is 20.6. The lowest BCUT2D eigenvalue weighted by molar-refractivity contribution is 0.0949. The molecule has 1 fully saturated rings. The van der Waals surface area contributed by atoms with Crippen LogP contribution in [-0.4, -0.2) is 37.2 Å². The van der Waals surface area contributed by atoms with Gasteiger partial charge in [-0.2, -0.15) is 0 Å². The van der Waals surface area contributed by atoms with Crippen molar-refractivity contribution in [3.63, 3.8) is 0 Å². The summed E-state index contributed by atoms with van der Waals surface area (Å²) < 4.78 is 7.50. The van der Waals surface area contributed by atoms with Crippen molar-refractivity contribution < 1.29 is 14.3 Å². The summed E-state index contributed by atoms with van der Waals surface area (Å²) in [7, 11) is 0. The number of hydrogen-bond acceptors (Lipinski definition) is 6. The smallest absolute Gasteiger partial charge is 0.316 e. The van der Waals surface area contributed by atoms with Gasteiger partial charge in [-0.05, 0) is 49.6 Å². The molecule has 1 aromatic carbocycles. The molecule has 1 aliphatic rings. The molecule has 0 aliphatic heterocycles. The van der Waals surface area contributed by atoms with Crippen molar-refractivity contribution in [3.8, 4) is 6.01 Å². The second-order valence-electron chi connectivity index (χ2n) is 7.97. The maximum atomic E-state index is 12.7. The molecular formula is C24H22N6O3. The number of benzene rings is 1. The van der Waals surface area contributed by atoms with E-state index in [2.05, 4.69) is 25.6 Å². The highest BCUT2D eigenvalue weighted by Crippen LogP contribution is 2.22.